The average Bonchev–Trinajstić information content (AvgIpc) is 2.95. The zero-order chi connectivity index (χ0) is 18.9. The van der Waals surface area contributed by atoms with Crippen molar-refractivity contribution in [3.63, 3.8) is 0 Å². The molecule has 0 radical (unpaired) electrons. The molecule has 0 bridgehead atoms. The van der Waals surface area contributed by atoms with Gasteiger partial charge in [0.2, 0.25) is 0 Å². The van der Waals surface area contributed by atoms with Gasteiger partial charge in [-0.05, 0) is 45.4 Å². The smallest absolute Gasteiger partial charge is 0.251 e. The van der Waals surface area contributed by atoms with Crippen LogP contribution in [0, 0.1) is 13.8 Å². The second kappa shape index (κ2) is 10.00. The second-order valence-corrected chi connectivity index (χ2v) is 6.84. The van der Waals surface area contributed by atoms with Gasteiger partial charge in [-0.25, -0.2) is 0 Å². The van der Waals surface area contributed by atoms with Crippen LogP contribution in [-0.2, 0) is 6.61 Å². The van der Waals surface area contributed by atoms with Gasteiger partial charge in [-0.1, -0.05) is 43.8 Å². The Labute approximate surface area is 156 Å². The number of carbonyl (C=O) groups excluding carboxylic acids is 1. The first-order valence-electron chi connectivity index (χ1n) is 9.46. The zero-order valence-electron chi connectivity index (χ0n) is 16.3. The first-order valence-corrected chi connectivity index (χ1v) is 9.46. The summed E-state index contributed by atoms with van der Waals surface area (Å²) in [6.07, 6.45) is 5.86. The molecule has 1 heterocycles. The molecular weight excluding hydrogens is 328 g/mol. The third-order valence-corrected chi connectivity index (χ3v) is 4.53. The zero-order valence-corrected chi connectivity index (χ0v) is 16.3. The quantitative estimate of drug-likeness (QED) is 0.610. The van der Waals surface area contributed by atoms with E-state index in [0.29, 0.717) is 17.9 Å². The molecule has 2 aromatic rings. The number of unbranched alkanes of at least 4 members (excludes halogenated alkanes) is 3. The number of carbonyl (C=O) groups is 1. The van der Waals surface area contributed by atoms with Crippen LogP contribution in [0.15, 0.2) is 28.8 Å². The number of rotatable bonds is 10. The third-order valence-electron chi connectivity index (χ3n) is 4.53. The predicted octanol–water partition coefficient (Wildman–Crippen LogP) is 4.96. The van der Waals surface area contributed by atoms with Crippen molar-refractivity contribution in [3.05, 3.63) is 46.8 Å². The summed E-state index contributed by atoms with van der Waals surface area (Å²) in [4.78, 5) is 12.4. The van der Waals surface area contributed by atoms with E-state index in [1.807, 2.05) is 32.0 Å². The van der Waals surface area contributed by atoms with Crippen LogP contribution in [0.5, 0.6) is 5.75 Å². The van der Waals surface area contributed by atoms with Crippen LogP contribution in [0.3, 0.4) is 0 Å². The van der Waals surface area contributed by atoms with Gasteiger partial charge in [0.15, 0.2) is 0 Å². The van der Waals surface area contributed by atoms with E-state index in [0.717, 1.165) is 29.9 Å². The number of nitrogens with zero attached hydrogens (tertiary/aromatic N) is 1. The fraction of sp³-hybridized carbons (Fsp3) is 0.524. The van der Waals surface area contributed by atoms with Crippen LogP contribution >= 0.6 is 0 Å². The number of benzene rings is 1. The van der Waals surface area contributed by atoms with Gasteiger partial charge in [0.25, 0.3) is 5.91 Å². The molecule has 0 spiro atoms. The molecule has 5 heteroatoms. The molecule has 1 N–H and O–H groups in total. The van der Waals surface area contributed by atoms with Crippen molar-refractivity contribution in [2.45, 2.75) is 72.4 Å². The molecule has 0 aliphatic carbocycles. The number of nitrogens with one attached hydrogen (secondary N) is 1. The van der Waals surface area contributed by atoms with Crippen LogP contribution in [0.25, 0.3) is 0 Å². The molecule has 0 saturated heterocycles. The molecule has 1 amide bonds. The summed E-state index contributed by atoms with van der Waals surface area (Å²) in [6.45, 7) is 8.39. The van der Waals surface area contributed by atoms with Gasteiger partial charge in [-0.3, -0.25) is 4.79 Å². The number of hydrogen-bond donors (Lipinski definition) is 1. The molecule has 0 unspecified atom stereocenters. The maximum atomic E-state index is 12.4. The minimum Gasteiger partial charge on any atom is -0.489 e. The monoisotopic (exact) mass is 358 g/mol. The molecule has 5 nitrogen and oxygen atoms in total. The molecule has 26 heavy (non-hydrogen) atoms. The summed E-state index contributed by atoms with van der Waals surface area (Å²) in [5.41, 5.74) is 2.38. The minimum absolute atomic E-state index is 0.0595. The fourth-order valence-corrected chi connectivity index (χ4v) is 2.85. The Morgan fingerprint density at radius 2 is 2.08 bits per heavy atom. The summed E-state index contributed by atoms with van der Waals surface area (Å²) in [5.74, 6) is 1.36. The third kappa shape index (κ3) is 5.90. The fourth-order valence-electron chi connectivity index (χ4n) is 2.85. The molecule has 142 valence electrons. The lowest BCUT2D eigenvalue weighted by Gasteiger charge is -2.14. The van der Waals surface area contributed by atoms with E-state index in [1.54, 1.807) is 6.07 Å². The molecular formula is C21H30N2O3. The first-order chi connectivity index (χ1) is 12.5. The van der Waals surface area contributed by atoms with Gasteiger partial charge < -0.3 is 14.6 Å². The normalized spacial score (nSPS) is 12.0. The summed E-state index contributed by atoms with van der Waals surface area (Å²) < 4.78 is 11.0. The number of aryl methyl sites for hydroxylation is 2. The SMILES string of the molecule is CCCCCC[C@H](C)NC(=O)c1cccc(OCc2c(C)noc2C)c1. The minimum atomic E-state index is -0.0595. The van der Waals surface area contributed by atoms with Gasteiger partial charge in [0, 0.05) is 11.6 Å². The lowest BCUT2D eigenvalue weighted by Crippen LogP contribution is -2.32. The Bertz CT molecular complexity index is 690. The number of amides is 1. The maximum Gasteiger partial charge on any atom is 0.251 e. The Balaban J connectivity index is 1.88. The van der Waals surface area contributed by atoms with Gasteiger partial charge in [-0.2, -0.15) is 0 Å². The van der Waals surface area contributed by atoms with Crippen molar-refractivity contribution in [1.82, 2.24) is 10.5 Å². The van der Waals surface area contributed by atoms with Crippen LogP contribution in [0.4, 0.5) is 0 Å². The van der Waals surface area contributed by atoms with Crippen LogP contribution in [-0.4, -0.2) is 17.1 Å². The summed E-state index contributed by atoms with van der Waals surface area (Å²) in [7, 11) is 0. The Hall–Kier alpha value is -2.30. The molecule has 0 saturated carbocycles. The molecule has 1 aromatic heterocycles. The van der Waals surface area contributed by atoms with Gasteiger partial charge >= 0.3 is 0 Å². The number of aromatic nitrogens is 1. The van der Waals surface area contributed by atoms with Crippen molar-refractivity contribution < 1.29 is 14.1 Å². The highest BCUT2D eigenvalue weighted by Crippen LogP contribution is 2.18. The lowest BCUT2D eigenvalue weighted by atomic mass is 10.1. The summed E-state index contributed by atoms with van der Waals surface area (Å²) >= 11 is 0. The van der Waals surface area contributed by atoms with Crippen molar-refractivity contribution in [2.75, 3.05) is 0 Å². The van der Waals surface area contributed by atoms with E-state index >= 15 is 0 Å². The van der Waals surface area contributed by atoms with E-state index < -0.39 is 0 Å². The highest BCUT2D eigenvalue weighted by atomic mass is 16.5. The molecule has 2 rings (SSSR count). The topological polar surface area (TPSA) is 64.4 Å². The van der Waals surface area contributed by atoms with Crippen LogP contribution < -0.4 is 10.1 Å². The van der Waals surface area contributed by atoms with E-state index in [9.17, 15) is 4.79 Å². The Morgan fingerprint density at radius 3 is 2.77 bits per heavy atom. The summed E-state index contributed by atoms with van der Waals surface area (Å²) in [5, 5.41) is 6.99. The van der Waals surface area contributed by atoms with Crippen molar-refractivity contribution in [3.8, 4) is 5.75 Å². The number of hydrogen-bond acceptors (Lipinski definition) is 4. The van der Waals surface area contributed by atoms with Crippen molar-refractivity contribution >= 4 is 5.91 Å². The van der Waals surface area contributed by atoms with E-state index in [1.165, 1.54) is 19.3 Å². The van der Waals surface area contributed by atoms with Gasteiger partial charge in [0.05, 0.1) is 11.3 Å². The van der Waals surface area contributed by atoms with Gasteiger partial charge in [0.1, 0.15) is 18.1 Å². The molecule has 0 fully saturated rings. The first kappa shape index (κ1) is 20.0. The van der Waals surface area contributed by atoms with Crippen molar-refractivity contribution in [2.24, 2.45) is 0 Å². The maximum absolute atomic E-state index is 12.4. The molecule has 1 aromatic carbocycles. The Morgan fingerprint density at radius 1 is 1.27 bits per heavy atom. The van der Waals surface area contributed by atoms with Crippen LogP contribution in [0.1, 0.15) is 73.3 Å². The van der Waals surface area contributed by atoms with Crippen LogP contribution in [0.2, 0.25) is 0 Å². The van der Waals surface area contributed by atoms with Gasteiger partial charge in [-0.15, -0.1) is 0 Å². The van der Waals surface area contributed by atoms with Crippen molar-refractivity contribution in [1.29, 1.82) is 0 Å². The molecule has 0 aliphatic rings. The lowest BCUT2D eigenvalue weighted by molar-refractivity contribution is 0.0937. The molecule has 0 aliphatic heterocycles. The predicted molar refractivity (Wildman–Crippen MR) is 102 cm³/mol. The molecule has 1 atom stereocenters. The van der Waals surface area contributed by atoms with E-state index in [4.69, 9.17) is 9.26 Å². The highest BCUT2D eigenvalue weighted by molar-refractivity contribution is 5.94. The van der Waals surface area contributed by atoms with E-state index in [2.05, 4.69) is 24.3 Å². The standard InChI is InChI=1S/C21H30N2O3/c1-5-6-7-8-10-15(2)22-21(24)18-11-9-12-19(13-18)25-14-20-16(3)23-26-17(20)4/h9,11-13,15H,5-8,10,14H2,1-4H3,(H,22,24)/t15-/m0/s1. The number of ether oxygens (including phenoxy) is 1. The largest absolute Gasteiger partial charge is 0.489 e. The van der Waals surface area contributed by atoms with E-state index in [-0.39, 0.29) is 11.9 Å². The highest BCUT2D eigenvalue weighted by Gasteiger charge is 2.12. The second-order valence-electron chi connectivity index (χ2n) is 6.84. The Kier molecular flexibility index (Phi) is 7.70. The summed E-state index contributed by atoms with van der Waals surface area (Å²) in [6, 6.07) is 7.44. The average molecular weight is 358 g/mol.